The fourth-order valence-corrected chi connectivity index (χ4v) is 1.55. The van der Waals surface area contributed by atoms with Gasteiger partial charge in [-0.2, -0.15) is 0 Å². The first kappa shape index (κ1) is 10.0. The third kappa shape index (κ3) is 3.05. The molecule has 1 atom stereocenters. The molecule has 13 heavy (non-hydrogen) atoms. The zero-order valence-electron chi connectivity index (χ0n) is 8.25. The molecule has 0 aromatic carbocycles. The van der Waals surface area contributed by atoms with Crippen LogP contribution in [0.15, 0.2) is 23.8 Å². The predicted molar refractivity (Wildman–Crippen MR) is 52.3 cm³/mol. The Balaban J connectivity index is 2.53. The fourth-order valence-electron chi connectivity index (χ4n) is 1.55. The summed E-state index contributed by atoms with van der Waals surface area (Å²) in [6, 6.07) is 0. The second kappa shape index (κ2) is 4.85. The van der Waals surface area contributed by atoms with E-state index < -0.39 is 0 Å². The Hall–Kier alpha value is -1.05. The minimum atomic E-state index is -0.213. The van der Waals surface area contributed by atoms with Crippen molar-refractivity contribution < 1.29 is 9.53 Å². The van der Waals surface area contributed by atoms with Gasteiger partial charge in [-0.1, -0.05) is 18.2 Å². The Kier molecular flexibility index (Phi) is 3.74. The van der Waals surface area contributed by atoms with E-state index in [4.69, 9.17) is 0 Å². The molecule has 2 nitrogen and oxygen atoms in total. The first-order chi connectivity index (χ1) is 6.24. The van der Waals surface area contributed by atoms with Crippen LogP contribution in [0.25, 0.3) is 0 Å². The standard InChI is InChI=1S/C11H16O2/c1-9(11(12)13-2)8-10-6-4-3-5-7-10/h3-4,8,10H,5-7H2,1-2H3/b9-8+. The van der Waals surface area contributed by atoms with Gasteiger partial charge in [0.15, 0.2) is 0 Å². The summed E-state index contributed by atoms with van der Waals surface area (Å²) in [7, 11) is 1.42. The van der Waals surface area contributed by atoms with Crippen LogP contribution < -0.4 is 0 Å². The lowest BCUT2D eigenvalue weighted by molar-refractivity contribution is -0.136. The molecule has 0 radical (unpaired) electrons. The summed E-state index contributed by atoms with van der Waals surface area (Å²) in [5.74, 6) is 0.304. The van der Waals surface area contributed by atoms with Gasteiger partial charge in [0.05, 0.1) is 7.11 Å². The number of allylic oxidation sites excluding steroid dienone is 3. The van der Waals surface area contributed by atoms with Crippen LogP contribution in [0.5, 0.6) is 0 Å². The molecule has 0 fully saturated rings. The minimum Gasteiger partial charge on any atom is -0.466 e. The zero-order chi connectivity index (χ0) is 9.68. The largest absolute Gasteiger partial charge is 0.466 e. The third-order valence-corrected chi connectivity index (χ3v) is 2.30. The summed E-state index contributed by atoms with van der Waals surface area (Å²) < 4.78 is 4.63. The Morgan fingerprint density at radius 3 is 2.85 bits per heavy atom. The average molecular weight is 180 g/mol. The van der Waals surface area contributed by atoms with Crippen LogP contribution in [-0.2, 0) is 9.53 Å². The van der Waals surface area contributed by atoms with Gasteiger partial charge >= 0.3 is 5.97 Å². The molecule has 1 aliphatic rings. The maximum atomic E-state index is 11.1. The van der Waals surface area contributed by atoms with Gasteiger partial charge in [0.2, 0.25) is 0 Å². The van der Waals surface area contributed by atoms with E-state index in [0.29, 0.717) is 5.92 Å². The van der Waals surface area contributed by atoms with Gasteiger partial charge in [-0.3, -0.25) is 0 Å². The fraction of sp³-hybridized carbons (Fsp3) is 0.545. The number of ether oxygens (including phenoxy) is 1. The number of esters is 1. The van der Waals surface area contributed by atoms with Crippen LogP contribution in [0, 0.1) is 5.92 Å². The van der Waals surface area contributed by atoms with Crippen molar-refractivity contribution in [1.82, 2.24) is 0 Å². The van der Waals surface area contributed by atoms with Gasteiger partial charge < -0.3 is 4.74 Å². The Labute approximate surface area is 79.3 Å². The van der Waals surface area contributed by atoms with Crippen LogP contribution in [-0.4, -0.2) is 13.1 Å². The molecule has 0 saturated heterocycles. The number of hydrogen-bond acceptors (Lipinski definition) is 2. The number of methoxy groups -OCH3 is 1. The first-order valence-electron chi connectivity index (χ1n) is 4.65. The van der Waals surface area contributed by atoms with Crippen LogP contribution in [0.1, 0.15) is 26.2 Å². The van der Waals surface area contributed by atoms with Crippen LogP contribution in [0.2, 0.25) is 0 Å². The van der Waals surface area contributed by atoms with Gasteiger partial charge in [0.1, 0.15) is 0 Å². The summed E-state index contributed by atoms with van der Waals surface area (Å²) in [4.78, 5) is 11.1. The van der Waals surface area contributed by atoms with E-state index in [1.54, 1.807) is 0 Å². The van der Waals surface area contributed by atoms with Gasteiger partial charge in [-0.05, 0) is 32.1 Å². The van der Waals surface area contributed by atoms with E-state index >= 15 is 0 Å². The van der Waals surface area contributed by atoms with Crippen LogP contribution >= 0.6 is 0 Å². The van der Waals surface area contributed by atoms with E-state index in [-0.39, 0.29) is 5.97 Å². The molecule has 2 heteroatoms. The Morgan fingerprint density at radius 1 is 1.54 bits per heavy atom. The molecule has 0 aliphatic heterocycles. The smallest absolute Gasteiger partial charge is 0.333 e. The summed E-state index contributed by atoms with van der Waals surface area (Å²) in [5, 5.41) is 0. The number of hydrogen-bond donors (Lipinski definition) is 0. The van der Waals surface area contributed by atoms with E-state index in [9.17, 15) is 4.79 Å². The topological polar surface area (TPSA) is 26.3 Å². The molecular weight excluding hydrogens is 164 g/mol. The van der Waals surface area contributed by atoms with E-state index in [1.165, 1.54) is 7.11 Å². The van der Waals surface area contributed by atoms with Crippen molar-refractivity contribution in [2.75, 3.05) is 7.11 Å². The monoisotopic (exact) mass is 180 g/mol. The molecule has 0 heterocycles. The van der Waals surface area contributed by atoms with Gasteiger partial charge in [-0.15, -0.1) is 0 Å². The minimum absolute atomic E-state index is 0.213. The number of carbonyl (C=O) groups excluding carboxylic acids is 1. The van der Waals surface area contributed by atoms with Crippen molar-refractivity contribution in [3.05, 3.63) is 23.8 Å². The molecule has 0 aromatic heterocycles. The summed E-state index contributed by atoms with van der Waals surface area (Å²) >= 11 is 0. The normalized spacial score (nSPS) is 22.9. The van der Waals surface area contributed by atoms with Crippen molar-refractivity contribution in [2.24, 2.45) is 5.92 Å². The summed E-state index contributed by atoms with van der Waals surface area (Å²) in [5.41, 5.74) is 0.725. The molecule has 0 bridgehead atoms. The molecule has 0 N–H and O–H groups in total. The van der Waals surface area contributed by atoms with Crippen LogP contribution in [0.4, 0.5) is 0 Å². The van der Waals surface area contributed by atoms with Crippen LogP contribution in [0.3, 0.4) is 0 Å². The lowest BCUT2D eigenvalue weighted by Crippen LogP contribution is -2.06. The second-order valence-electron chi connectivity index (χ2n) is 3.39. The Morgan fingerprint density at radius 2 is 2.31 bits per heavy atom. The molecule has 72 valence electrons. The number of rotatable bonds is 2. The van der Waals surface area contributed by atoms with Crippen molar-refractivity contribution in [1.29, 1.82) is 0 Å². The number of carbonyl (C=O) groups is 1. The molecule has 0 amide bonds. The highest BCUT2D eigenvalue weighted by Crippen LogP contribution is 2.20. The molecule has 1 unspecified atom stereocenters. The highest BCUT2D eigenvalue weighted by Gasteiger charge is 2.10. The summed E-state index contributed by atoms with van der Waals surface area (Å²) in [6.45, 7) is 1.81. The van der Waals surface area contributed by atoms with E-state index in [1.807, 2.05) is 13.0 Å². The molecule has 0 aromatic rings. The quantitative estimate of drug-likeness (QED) is 0.370. The summed E-state index contributed by atoms with van der Waals surface area (Å²) in [6.07, 6.45) is 9.71. The lowest BCUT2D eigenvalue weighted by atomic mass is 9.93. The van der Waals surface area contributed by atoms with Crippen molar-refractivity contribution >= 4 is 5.97 Å². The van der Waals surface area contributed by atoms with Gasteiger partial charge in [0, 0.05) is 5.57 Å². The van der Waals surface area contributed by atoms with Gasteiger partial charge in [-0.25, -0.2) is 4.79 Å². The molecule has 1 rings (SSSR count). The lowest BCUT2D eigenvalue weighted by Gasteiger charge is -2.13. The Bertz CT molecular complexity index is 238. The highest BCUT2D eigenvalue weighted by molar-refractivity contribution is 5.87. The van der Waals surface area contributed by atoms with Gasteiger partial charge in [0.25, 0.3) is 0 Å². The average Bonchev–Trinajstić information content (AvgIpc) is 2.18. The van der Waals surface area contributed by atoms with Crippen molar-refractivity contribution in [3.8, 4) is 0 Å². The zero-order valence-corrected chi connectivity index (χ0v) is 8.25. The maximum absolute atomic E-state index is 11.1. The maximum Gasteiger partial charge on any atom is 0.333 e. The second-order valence-corrected chi connectivity index (χ2v) is 3.39. The molecule has 1 aliphatic carbocycles. The SMILES string of the molecule is COC(=O)/C(C)=C/C1CC=CCC1. The van der Waals surface area contributed by atoms with E-state index in [0.717, 1.165) is 24.8 Å². The molecule has 0 spiro atoms. The highest BCUT2D eigenvalue weighted by atomic mass is 16.5. The molecule has 0 saturated carbocycles. The molecular formula is C11H16O2. The van der Waals surface area contributed by atoms with Crippen molar-refractivity contribution in [3.63, 3.8) is 0 Å². The first-order valence-corrected chi connectivity index (χ1v) is 4.65. The predicted octanol–water partition coefficient (Wildman–Crippen LogP) is 2.46. The third-order valence-electron chi connectivity index (χ3n) is 2.30. The van der Waals surface area contributed by atoms with Crippen molar-refractivity contribution in [2.45, 2.75) is 26.2 Å². The van der Waals surface area contributed by atoms with E-state index in [2.05, 4.69) is 16.9 Å².